The SMILES string of the molecule is CCN(CCC(F)(F)F)C(=O)Nc1cnc(Oc2ccc(F)c(F)c2)cn1. The van der Waals surface area contributed by atoms with Gasteiger partial charge >= 0.3 is 12.2 Å². The van der Waals surface area contributed by atoms with Crippen LogP contribution in [0, 0.1) is 11.6 Å². The van der Waals surface area contributed by atoms with Gasteiger partial charge < -0.3 is 9.64 Å². The first-order chi connectivity index (χ1) is 12.7. The Labute approximate surface area is 151 Å². The number of amides is 2. The number of nitrogens with one attached hydrogen (secondary N) is 1. The van der Waals surface area contributed by atoms with E-state index in [1.807, 2.05) is 0 Å². The van der Waals surface area contributed by atoms with E-state index in [2.05, 4.69) is 15.3 Å². The van der Waals surface area contributed by atoms with Crippen LogP contribution in [0.1, 0.15) is 13.3 Å². The third-order valence-corrected chi connectivity index (χ3v) is 3.31. The Hall–Kier alpha value is -2.98. The first-order valence-electron chi connectivity index (χ1n) is 7.75. The molecule has 0 spiro atoms. The van der Waals surface area contributed by atoms with Crippen LogP contribution < -0.4 is 10.1 Å². The first-order valence-corrected chi connectivity index (χ1v) is 7.75. The molecule has 0 aliphatic heterocycles. The average Bonchev–Trinajstić information content (AvgIpc) is 2.59. The van der Waals surface area contributed by atoms with E-state index in [0.29, 0.717) is 0 Å². The number of hydrogen-bond acceptors (Lipinski definition) is 4. The molecular formula is C16H15F5N4O2. The van der Waals surface area contributed by atoms with Crippen molar-refractivity contribution in [2.75, 3.05) is 18.4 Å². The van der Waals surface area contributed by atoms with Gasteiger partial charge in [-0.15, -0.1) is 0 Å². The summed E-state index contributed by atoms with van der Waals surface area (Å²) in [5.74, 6) is -2.20. The van der Waals surface area contributed by atoms with Gasteiger partial charge in [0.2, 0.25) is 5.88 Å². The molecule has 0 aliphatic carbocycles. The fourth-order valence-electron chi connectivity index (χ4n) is 1.95. The Balaban J connectivity index is 1.95. The quantitative estimate of drug-likeness (QED) is 0.745. The number of ether oxygens (including phenoxy) is 1. The van der Waals surface area contributed by atoms with Crippen molar-refractivity contribution in [3.63, 3.8) is 0 Å². The molecule has 0 unspecified atom stereocenters. The van der Waals surface area contributed by atoms with Crippen LogP contribution in [0.5, 0.6) is 11.6 Å². The molecule has 2 rings (SSSR count). The summed E-state index contributed by atoms with van der Waals surface area (Å²) < 4.78 is 68.0. The molecule has 1 heterocycles. The topological polar surface area (TPSA) is 67.4 Å². The van der Waals surface area contributed by atoms with Crippen LogP contribution in [0.2, 0.25) is 0 Å². The molecule has 1 aromatic carbocycles. The zero-order valence-corrected chi connectivity index (χ0v) is 14.1. The van der Waals surface area contributed by atoms with Crippen molar-refractivity contribution < 1.29 is 31.5 Å². The number of benzene rings is 1. The normalized spacial score (nSPS) is 11.2. The number of carbonyl (C=O) groups is 1. The highest BCUT2D eigenvalue weighted by Gasteiger charge is 2.28. The number of aromatic nitrogens is 2. The van der Waals surface area contributed by atoms with Crippen LogP contribution in [0.25, 0.3) is 0 Å². The Morgan fingerprint density at radius 1 is 1.19 bits per heavy atom. The fraction of sp³-hybridized carbons (Fsp3) is 0.312. The molecule has 6 nitrogen and oxygen atoms in total. The van der Waals surface area contributed by atoms with E-state index in [0.717, 1.165) is 29.4 Å². The summed E-state index contributed by atoms with van der Waals surface area (Å²) in [6, 6.07) is 2.14. The molecule has 0 radical (unpaired) electrons. The summed E-state index contributed by atoms with van der Waals surface area (Å²) in [5.41, 5.74) is 0. The number of urea groups is 1. The molecule has 2 aromatic rings. The zero-order valence-electron chi connectivity index (χ0n) is 14.1. The van der Waals surface area contributed by atoms with Gasteiger partial charge in [-0.3, -0.25) is 5.32 Å². The Morgan fingerprint density at radius 3 is 2.48 bits per heavy atom. The molecule has 1 N–H and O–H groups in total. The van der Waals surface area contributed by atoms with E-state index in [-0.39, 0.29) is 24.0 Å². The number of halogens is 5. The lowest BCUT2D eigenvalue weighted by atomic mass is 10.3. The zero-order chi connectivity index (χ0) is 20.0. The number of anilines is 1. The summed E-state index contributed by atoms with van der Waals surface area (Å²) in [5, 5.41) is 2.32. The molecule has 0 atom stereocenters. The van der Waals surface area contributed by atoms with Gasteiger partial charge in [0.1, 0.15) is 5.75 Å². The molecule has 1 aromatic heterocycles. The molecule has 146 valence electrons. The predicted octanol–water partition coefficient (Wildman–Crippen LogP) is 4.35. The van der Waals surface area contributed by atoms with Crippen LogP contribution in [0.3, 0.4) is 0 Å². The lowest BCUT2D eigenvalue weighted by molar-refractivity contribution is -0.136. The number of hydrogen-bond donors (Lipinski definition) is 1. The van der Waals surface area contributed by atoms with Crippen molar-refractivity contribution in [1.82, 2.24) is 14.9 Å². The second kappa shape index (κ2) is 8.60. The predicted molar refractivity (Wildman–Crippen MR) is 85.4 cm³/mol. The second-order valence-electron chi connectivity index (χ2n) is 5.29. The highest BCUT2D eigenvalue weighted by Crippen LogP contribution is 2.22. The molecule has 27 heavy (non-hydrogen) atoms. The Kier molecular flexibility index (Phi) is 6.48. The summed E-state index contributed by atoms with van der Waals surface area (Å²) in [6.07, 6.45) is -3.26. The molecule has 0 aliphatic rings. The van der Waals surface area contributed by atoms with Crippen molar-refractivity contribution >= 4 is 11.8 Å². The van der Waals surface area contributed by atoms with Crippen molar-refractivity contribution in [3.05, 3.63) is 42.2 Å². The van der Waals surface area contributed by atoms with Crippen LogP contribution in [-0.2, 0) is 0 Å². The number of rotatable bonds is 6. The molecule has 0 fully saturated rings. The van der Waals surface area contributed by atoms with Crippen LogP contribution in [0.4, 0.5) is 32.6 Å². The van der Waals surface area contributed by atoms with Gasteiger partial charge in [-0.2, -0.15) is 13.2 Å². The van der Waals surface area contributed by atoms with E-state index in [1.165, 1.54) is 6.07 Å². The van der Waals surface area contributed by atoms with Crippen molar-refractivity contribution in [2.24, 2.45) is 0 Å². The van der Waals surface area contributed by atoms with Crippen molar-refractivity contribution in [2.45, 2.75) is 19.5 Å². The smallest absolute Gasteiger partial charge is 0.390 e. The average molecular weight is 390 g/mol. The van der Waals surface area contributed by atoms with Gasteiger partial charge in [-0.05, 0) is 19.1 Å². The van der Waals surface area contributed by atoms with Crippen molar-refractivity contribution in [1.29, 1.82) is 0 Å². The monoisotopic (exact) mass is 390 g/mol. The number of carbonyl (C=O) groups excluding carboxylic acids is 1. The largest absolute Gasteiger partial charge is 0.437 e. The Morgan fingerprint density at radius 2 is 1.93 bits per heavy atom. The summed E-state index contributed by atoms with van der Waals surface area (Å²) in [7, 11) is 0. The van der Waals surface area contributed by atoms with E-state index in [1.54, 1.807) is 6.92 Å². The number of alkyl halides is 3. The third-order valence-electron chi connectivity index (χ3n) is 3.31. The van der Waals surface area contributed by atoms with E-state index < -0.39 is 36.8 Å². The van der Waals surface area contributed by atoms with Crippen LogP contribution in [-0.4, -0.2) is 40.2 Å². The Bertz CT molecular complexity index is 783. The van der Waals surface area contributed by atoms with Crippen LogP contribution >= 0.6 is 0 Å². The van der Waals surface area contributed by atoms with Gasteiger partial charge in [0.05, 0.1) is 18.8 Å². The highest BCUT2D eigenvalue weighted by molar-refractivity contribution is 5.88. The molecule has 0 saturated heterocycles. The minimum Gasteiger partial charge on any atom is -0.437 e. The third kappa shape index (κ3) is 6.35. The van der Waals surface area contributed by atoms with E-state index >= 15 is 0 Å². The molecular weight excluding hydrogens is 375 g/mol. The first kappa shape index (κ1) is 20.3. The number of nitrogens with zero attached hydrogens (tertiary/aromatic N) is 3. The minimum absolute atomic E-state index is 0.00991. The van der Waals surface area contributed by atoms with Gasteiger partial charge in [-0.25, -0.2) is 23.5 Å². The summed E-state index contributed by atoms with van der Waals surface area (Å²) in [6.45, 7) is 1.13. The minimum atomic E-state index is -4.37. The molecule has 2 amide bonds. The van der Waals surface area contributed by atoms with Gasteiger partial charge in [0, 0.05) is 19.2 Å². The van der Waals surface area contributed by atoms with E-state index in [9.17, 15) is 26.7 Å². The van der Waals surface area contributed by atoms with E-state index in [4.69, 9.17) is 4.74 Å². The maximum Gasteiger partial charge on any atom is 0.390 e. The highest BCUT2D eigenvalue weighted by atomic mass is 19.4. The van der Waals surface area contributed by atoms with Gasteiger partial charge in [0.25, 0.3) is 0 Å². The molecule has 0 bridgehead atoms. The van der Waals surface area contributed by atoms with Gasteiger partial charge in [0.15, 0.2) is 17.5 Å². The molecule has 11 heteroatoms. The second-order valence-corrected chi connectivity index (χ2v) is 5.29. The lowest BCUT2D eigenvalue weighted by Gasteiger charge is -2.21. The van der Waals surface area contributed by atoms with Gasteiger partial charge in [-0.1, -0.05) is 0 Å². The summed E-state index contributed by atoms with van der Waals surface area (Å²) in [4.78, 5) is 20.6. The lowest BCUT2D eigenvalue weighted by Crippen LogP contribution is -2.37. The van der Waals surface area contributed by atoms with Crippen LogP contribution in [0.15, 0.2) is 30.6 Å². The standard InChI is InChI=1S/C16H15F5N4O2/c1-2-25(6-5-16(19,20)21)15(26)24-13-8-23-14(9-22-13)27-10-3-4-11(17)12(18)7-10/h3-4,7-9H,2,5-6H2,1H3,(H,22,24,26). The molecule has 0 saturated carbocycles. The fourth-order valence-corrected chi connectivity index (χ4v) is 1.95. The van der Waals surface area contributed by atoms with Crippen molar-refractivity contribution in [3.8, 4) is 11.6 Å². The summed E-state index contributed by atoms with van der Waals surface area (Å²) >= 11 is 0. The maximum atomic E-state index is 13.1. The maximum absolute atomic E-state index is 13.1.